The number of benzene rings is 6. The molecule has 0 spiro atoms. The number of hydrogen-bond acceptors (Lipinski definition) is 16. The molecule has 0 saturated carbocycles. The van der Waals surface area contributed by atoms with Crippen LogP contribution in [0.1, 0.15) is 138 Å². The van der Waals surface area contributed by atoms with E-state index in [1.54, 1.807) is 33.7 Å². The van der Waals surface area contributed by atoms with Crippen LogP contribution >= 0.6 is 66.4 Å². The quantitative estimate of drug-likeness (QED) is 0.0229. The molecule has 14 nitrogen and oxygen atoms in total. The number of rotatable bonds is 33. The molecule has 20 heteroatoms. The van der Waals surface area contributed by atoms with Gasteiger partial charge in [0.2, 0.25) is 0 Å². The van der Waals surface area contributed by atoms with Gasteiger partial charge in [0, 0.05) is 107 Å². The number of methoxy groups -OCH3 is 1. The number of aliphatic hydroxyl groups is 1. The van der Waals surface area contributed by atoms with Crippen LogP contribution in [0.15, 0.2) is 109 Å². The molecule has 2 atom stereocenters. The van der Waals surface area contributed by atoms with Gasteiger partial charge in [0.15, 0.2) is 11.5 Å². The SMILES string of the molecule is CCCOCCOCCN(CC(C)(C)SSC)c1cc(CCl)cc(COc2cc3c(cc2C)C(=O)N2c4ccccc4CC2CC3)c1.CCCOCCOCCN(CC(C)(C)SSC)c1cc(CO)cc(CCl)c1.COc1cc2c(cc1O)CC[C@@H]1Cc3ccccc3N1C2=O. The van der Waals surface area contributed by atoms with Gasteiger partial charge < -0.3 is 58.2 Å². The minimum atomic E-state index is 0.000694. The first kappa shape index (κ1) is 76.8. The summed E-state index contributed by atoms with van der Waals surface area (Å²) in [4.78, 5) is 35.6. The van der Waals surface area contributed by atoms with Crippen molar-refractivity contribution in [3.8, 4) is 17.2 Å². The number of amides is 2. The van der Waals surface area contributed by atoms with Gasteiger partial charge in [-0.15, -0.1) is 23.2 Å². The number of aromatic hydroxyl groups is 1. The summed E-state index contributed by atoms with van der Waals surface area (Å²) >= 11 is 12.5. The molecule has 96 heavy (non-hydrogen) atoms. The lowest BCUT2D eigenvalue weighted by Gasteiger charge is -2.34. The molecule has 0 aromatic heterocycles. The van der Waals surface area contributed by atoms with E-state index in [4.69, 9.17) is 51.6 Å². The number of carbonyl (C=O) groups excluding carboxylic acids is 2. The fourth-order valence-electron chi connectivity index (χ4n) is 13.0. The molecule has 0 aliphatic carbocycles. The zero-order valence-electron chi connectivity index (χ0n) is 57.9. The smallest absolute Gasteiger partial charge is 0.258 e. The van der Waals surface area contributed by atoms with E-state index < -0.39 is 0 Å². The van der Waals surface area contributed by atoms with E-state index in [1.165, 1.54) is 18.2 Å². The third-order valence-electron chi connectivity index (χ3n) is 17.2. The van der Waals surface area contributed by atoms with Crippen molar-refractivity contribution in [3.63, 3.8) is 0 Å². The number of phenolic OH excluding ortho intramolecular Hbond substituents is 1. The van der Waals surface area contributed by atoms with Crippen LogP contribution in [-0.2, 0) is 69.6 Å². The molecule has 0 fully saturated rings. The maximum atomic E-state index is 13.8. The molecule has 0 radical (unpaired) electrons. The molecule has 10 rings (SSSR count). The van der Waals surface area contributed by atoms with Crippen LogP contribution in [0.2, 0.25) is 0 Å². The van der Waals surface area contributed by atoms with Gasteiger partial charge in [-0.1, -0.05) is 106 Å². The molecular formula is C76H100Cl2N4O10S4. The molecule has 6 aromatic rings. The van der Waals surface area contributed by atoms with Crippen molar-refractivity contribution in [2.45, 2.75) is 146 Å². The van der Waals surface area contributed by atoms with E-state index in [0.29, 0.717) is 69.3 Å². The summed E-state index contributed by atoms with van der Waals surface area (Å²) in [6.07, 6.45) is 11.6. The van der Waals surface area contributed by atoms with Crippen molar-refractivity contribution in [2.75, 3.05) is 118 Å². The standard InChI is InChI=1S/C38H49ClN2O4S2.C20H34ClNO3S2.C18H17NO3/c1-6-14-43-16-17-44-15-13-40(26-38(3,4)47-46-5)33-20-28(24-39)19-29(21-33)25-45-36-23-30-11-12-32-22-31-9-7-8-10-35(31)41(32)37(42)34(30)18-27(36)2;1-5-7-24-9-10-25-8-6-22(16-20(2,3)27-26-4)19-12-17(14-21)11-18(13-19)15-23;1-22-17-10-14-11(9-16(17)20)6-7-13-8-12-4-2-3-5-15(12)19(13)18(14)21/h7-10,18-21,23,32H,6,11-17,22,24-26H2,1-5H3;11-13,23H,5-10,14-16H2,1-4H3;2-5,9-10,13,20H,6-8H2,1H3/t;;13-/m..1/s1. The van der Waals surface area contributed by atoms with Crippen LogP contribution < -0.4 is 29.1 Å². The molecule has 2 N–H and O–H groups in total. The van der Waals surface area contributed by atoms with E-state index in [0.717, 1.165) is 164 Å². The van der Waals surface area contributed by atoms with Crippen LogP contribution in [-0.4, -0.2) is 142 Å². The third kappa shape index (κ3) is 21.3. The van der Waals surface area contributed by atoms with Crippen LogP contribution in [0.5, 0.6) is 17.2 Å². The number of ether oxygens (including phenoxy) is 6. The minimum Gasteiger partial charge on any atom is -0.504 e. The number of nitrogens with zero attached hydrogens (tertiary/aromatic N) is 4. The second-order valence-electron chi connectivity index (χ2n) is 25.9. The Kier molecular flexibility index (Phi) is 30.4. The number of aryl methyl sites for hydroxylation is 3. The first-order valence-corrected chi connectivity index (χ1v) is 39.8. The van der Waals surface area contributed by atoms with Gasteiger partial charge in [-0.25, -0.2) is 0 Å². The lowest BCUT2D eigenvalue weighted by atomic mass is 9.98. The highest BCUT2D eigenvalue weighted by molar-refractivity contribution is 8.77. The summed E-state index contributed by atoms with van der Waals surface area (Å²) in [5.41, 5.74) is 15.1. The molecule has 4 aliphatic heterocycles. The molecule has 4 heterocycles. The van der Waals surface area contributed by atoms with E-state index in [9.17, 15) is 19.8 Å². The Morgan fingerprint density at radius 2 is 1.01 bits per heavy atom. The highest BCUT2D eigenvalue weighted by Gasteiger charge is 2.39. The second kappa shape index (κ2) is 38.0. The van der Waals surface area contributed by atoms with Gasteiger partial charge >= 0.3 is 0 Å². The van der Waals surface area contributed by atoms with Crippen molar-refractivity contribution >= 4 is 101 Å². The van der Waals surface area contributed by atoms with Crippen molar-refractivity contribution in [2.24, 2.45) is 0 Å². The van der Waals surface area contributed by atoms with Crippen LogP contribution in [0.25, 0.3) is 0 Å². The topological polar surface area (TPSA) is 143 Å². The number of anilines is 4. The predicted molar refractivity (Wildman–Crippen MR) is 405 cm³/mol. The minimum absolute atomic E-state index is 0.000694. The summed E-state index contributed by atoms with van der Waals surface area (Å²) in [6.45, 7) is 24.3. The van der Waals surface area contributed by atoms with Crippen molar-refractivity contribution in [1.82, 2.24) is 0 Å². The summed E-state index contributed by atoms with van der Waals surface area (Å²) in [6, 6.07) is 36.9. The Labute approximate surface area is 597 Å². The molecule has 522 valence electrons. The summed E-state index contributed by atoms with van der Waals surface area (Å²) < 4.78 is 34.5. The lowest BCUT2D eigenvalue weighted by molar-refractivity contribution is 0.0505. The van der Waals surface area contributed by atoms with Crippen molar-refractivity contribution in [1.29, 1.82) is 0 Å². The van der Waals surface area contributed by atoms with Gasteiger partial charge in [-0.05, 0) is 209 Å². The average Bonchev–Trinajstić information content (AvgIpc) is 1.61. The van der Waals surface area contributed by atoms with Gasteiger partial charge in [0.25, 0.3) is 11.8 Å². The molecule has 6 aromatic carbocycles. The van der Waals surface area contributed by atoms with Crippen molar-refractivity contribution in [3.05, 3.63) is 170 Å². The van der Waals surface area contributed by atoms with Crippen LogP contribution in [0.3, 0.4) is 0 Å². The Hall–Kier alpha value is -4.96. The molecule has 2 amide bonds. The van der Waals surface area contributed by atoms with Gasteiger partial charge in [0.1, 0.15) is 12.4 Å². The van der Waals surface area contributed by atoms with Gasteiger partial charge in [-0.3, -0.25) is 9.59 Å². The zero-order valence-corrected chi connectivity index (χ0v) is 62.6. The number of aliphatic hydroxyl groups excluding tert-OH is 1. The number of para-hydroxylation sites is 2. The highest BCUT2D eigenvalue weighted by atomic mass is 35.5. The molecule has 4 aliphatic rings. The molecular weight excluding hydrogens is 1330 g/mol. The normalized spacial score (nSPS) is 15.4. The van der Waals surface area contributed by atoms with Crippen LogP contribution in [0.4, 0.5) is 22.7 Å². The summed E-state index contributed by atoms with van der Waals surface area (Å²) in [7, 11) is 8.82. The Balaban J connectivity index is 0.000000203. The summed E-state index contributed by atoms with van der Waals surface area (Å²) in [5.74, 6) is 2.22. The highest BCUT2D eigenvalue weighted by Crippen LogP contribution is 2.43. The van der Waals surface area contributed by atoms with Crippen molar-refractivity contribution < 1.29 is 48.2 Å². The number of phenols is 1. The molecule has 1 unspecified atom stereocenters. The van der Waals surface area contributed by atoms with E-state index >= 15 is 0 Å². The average molecular weight is 1430 g/mol. The zero-order chi connectivity index (χ0) is 68.8. The fraction of sp³-hybridized carbons (Fsp3) is 0.500. The maximum absolute atomic E-state index is 13.8. The fourth-order valence-corrected chi connectivity index (χ4v) is 17.6. The van der Waals surface area contributed by atoms with Crippen LogP contribution in [0, 0.1) is 6.92 Å². The first-order valence-electron chi connectivity index (χ1n) is 33.6. The van der Waals surface area contributed by atoms with E-state index in [1.807, 2.05) is 80.8 Å². The largest absolute Gasteiger partial charge is 0.504 e. The number of alkyl halides is 2. The third-order valence-corrected chi connectivity index (χ3v) is 23.1. The number of carbonyl (C=O) groups is 2. The molecule has 0 saturated heterocycles. The van der Waals surface area contributed by atoms with E-state index in [2.05, 4.69) is 118 Å². The maximum Gasteiger partial charge on any atom is 0.258 e. The predicted octanol–water partition coefficient (Wildman–Crippen LogP) is 16.7. The lowest BCUT2D eigenvalue weighted by Crippen LogP contribution is -2.38. The van der Waals surface area contributed by atoms with Gasteiger partial charge in [0.05, 0.1) is 53.4 Å². The second-order valence-corrected chi connectivity index (χ2v) is 32.6. The van der Waals surface area contributed by atoms with E-state index in [-0.39, 0.29) is 45.7 Å². The first-order chi connectivity index (χ1) is 46.4. The molecule has 0 bridgehead atoms. The monoisotopic (exact) mass is 1430 g/mol. The number of hydrogen-bond donors (Lipinski definition) is 2. The Morgan fingerprint density at radius 1 is 0.562 bits per heavy atom. The van der Waals surface area contributed by atoms with Gasteiger partial charge in [-0.2, -0.15) is 0 Å². The number of halogens is 2. The number of fused-ring (bicyclic) bond motifs is 8. The Bertz CT molecular complexity index is 3470. The summed E-state index contributed by atoms with van der Waals surface area (Å²) in [5, 5.41) is 19.5. The Morgan fingerprint density at radius 3 is 1.48 bits per heavy atom.